The summed E-state index contributed by atoms with van der Waals surface area (Å²) >= 11 is 0. The van der Waals surface area contributed by atoms with Crippen LogP contribution in [0.4, 0.5) is 5.69 Å². The van der Waals surface area contributed by atoms with Gasteiger partial charge in [-0.2, -0.15) is 0 Å². The molecule has 0 bridgehead atoms. The maximum absolute atomic E-state index is 13.5. The molecule has 208 valence electrons. The molecular formula is C27H37N3O7S. The molecule has 0 radical (unpaired) electrons. The van der Waals surface area contributed by atoms with Crippen molar-refractivity contribution in [1.82, 2.24) is 10.2 Å². The highest BCUT2D eigenvalue weighted by molar-refractivity contribution is 7.92. The Labute approximate surface area is 224 Å². The van der Waals surface area contributed by atoms with Crippen LogP contribution in [-0.4, -0.2) is 63.9 Å². The van der Waals surface area contributed by atoms with Gasteiger partial charge in [-0.3, -0.25) is 13.9 Å². The maximum Gasteiger partial charge on any atom is 0.243 e. The number of hydrogen-bond acceptors (Lipinski definition) is 7. The highest BCUT2D eigenvalue weighted by Crippen LogP contribution is 2.36. The lowest BCUT2D eigenvalue weighted by Gasteiger charge is -2.31. The minimum Gasteiger partial charge on any atom is -0.497 e. The lowest BCUT2D eigenvalue weighted by atomic mass is 10.1. The van der Waals surface area contributed by atoms with Gasteiger partial charge in [0.25, 0.3) is 0 Å². The number of fused-ring (bicyclic) bond motifs is 1. The first-order valence-electron chi connectivity index (χ1n) is 12.6. The third-order valence-electron chi connectivity index (χ3n) is 6.13. The SMILES string of the molecule is CC[C@@H](C(=O)NC(C)C)N(Cc1ccc(OC)cc1)C(=O)CCCN(c1ccc2c(c1)OCO2)S(C)(=O)=O. The topological polar surface area (TPSA) is 114 Å². The van der Waals surface area contributed by atoms with Gasteiger partial charge in [-0.1, -0.05) is 19.1 Å². The minimum absolute atomic E-state index is 0.0676. The summed E-state index contributed by atoms with van der Waals surface area (Å²) in [6.45, 7) is 6.02. The Morgan fingerprint density at radius 1 is 1.08 bits per heavy atom. The van der Waals surface area contributed by atoms with Crippen molar-refractivity contribution in [3.05, 3.63) is 48.0 Å². The Hall–Kier alpha value is -3.47. The number of rotatable bonds is 13. The van der Waals surface area contributed by atoms with Gasteiger partial charge in [-0.05, 0) is 56.5 Å². The first-order chi connectivity index (χ1) is 18.0. The molecule has 2 amide bonds. The van der Waals surface area contributed by atoms with Gasteiger partial charge in [-0.15, -0.1) is 0 Å². The van der Waals surface area contributed by atoms with Crippen molar-refractivity contribution in [1.29, 1.82) is 0 Å². The number of sulfonamides is 1. The van der Waals surface area contributed by atoms with E-state index >= 15 is 0 Å². The number of ether oxygens (including phenoxy) is 3. The van der Waals surface area contributed by atoms with Crippen LogP contribution in [-0.2, 0) is 26.2 Å². The Morgan fingerprint density at radius 2 is 1.76 bits per heavy atom. The fourth-order valence-electron chi connectivity index (χ4n) is 4.27. The van der Waals surface area contributed by atoms with Gasteiger partial charge in [0.2, 0.25) is 28.6 Å². The van der Waals surface area contributed by atoms with E-state index in [-0.39, 0.29) is 50.6 Å². The summed E-state index contributed by atoms with van der Waals surface area (Å²) in [5.74, 6) is 1.27. The van der Waals surface area contributed by atoms with Gasteiger partial charge in [0.05, 0.1) is 19.1 Å². The monoisotopic (exact) mass is 547 g/mol. The third kappa shape index (κ3) is 7.53. The highest BCUT2D eigenvalue weighted by Gasteiger charge is 2.29. The van der Waals surface area contributed by atoms with Gasteiger partial charge in [0.1, 0.15) is 11.8 Å². The molecule has 0 saturated heterocycles. The van der Waals surface area contributed by atoms with Crippen molar-refractivity contribution in [3.63, 3.8) is 0 Å². The highest BCUT2D eigenvalue weighted by atomic mass is 32.2. The van der Waals surface area contributed by atoms with Gasteiger partial charge in [0.15, 0.2) is 11.5 Å². The van der Waals surface area contributed by atoms with Crippen molar-refractivity contribution in [3.8, 4) is 17.2 Å². The van der Waals surface area contributed by atoms with E-state index in [9.17, 15) is 18.0 Å². The van der Waals surface area contributed by atoms with Gasteiger partial charge in [-0.25, -0.2) is 8.42 Å². The zero-order valence-electron chi connectivity index (χ0n) is 22.6. The molecule has 0 aromatic heterocycles. The molecule has 1 atom stereocenters. The normalized spacial score (nSPS) is 13.2. The van der Waals surface area contributed by atoms with Gasteiger partial charge >= 0.3 is 0 Å². The Kier molecular flexibility index (Phi) is 9.84. The molecule has 1 heterocycles. The van der Waals surface area contributed by atoms with Gasteiger partial charge in [0, 0.05) is 31.6 Å². The molecule has 1 aliphatic heterocycles. The number of benzene rings is 2. The van der Waals surface area contributed by atoms with E-state index in [0.29, 0.717) is 29.4 Å². The first-order valence-corrected chi connectivity index (χ1v) is 14.5. The van der Waals surface area contributed by atoms with Crippen LogP contribution in [0.25, 0.3) is 0 Å². The smallest absolute Gasteiger partial charge is 0.243 e. The van der Waals surface area contributed by atoms with E-state index in [2.05, 4.69) is 5.32 Å². The molecule has 0 unspecified atom stereocenters. The second kappa shape index (κ2) is 12.9. The average molecular weight is 548 g/mol. The van der Waals surface area contributed by atoms with Crippen molar-refractivity contribution in [2.45, 2.75) is 58.7 Å². The minimum atomic E-state index is -3.62. The lowest BCUT2D eigenvalue weighted by molar-refractivity contribution is -0.141. The zero-order valence-corrected chi connectivity index (χ0v) is 23.4. The summed E-state index contributed by atoms with van der Waals surface area (Å²) in [6.07, 6.45) is 1.89. The van der Waals surface area contributed by atoms with Crippen molar-refractivity contribution in [2.75, 3.05) is 31.0 Å². The van der Waals surface area contributed by atoms with E-state index in [1.165, 1.54) is 4.31 Å². The summed E-state index contributed by atoms with van der Waals surface area (Å²) in [5.41, 5.74) is 1.29. The molecule has 0 saturated carbocycles. The molecular weight excluding hydrogens is 510 g/mol. The molecule has 1 aliphatic rings. The molecule has 1 N–H and O–H groups in total. The molecule has 2 aromatic rings. The number of carbonyl (C=O) groups excluding carboxylic acids is 2. The average Bonchev–Trinajstić information content (AvgIpc) is 3.33. The van der Waals surface area contributed by atoms with E-state index < -0.39 is 16.1 Å². The van der Waals surface area contributed by atoms with Crippen LogP contribution in [0.15, 0.2) is 42.5 Å². The number of amides is 2. The summed E-state index contributed by atoms with van der Waals surface area (Å²) in [7, 11) is -2.04. The first kappa shape index (κ1) is 29.1. The maximum atomic E-state index is 13.5. The molecule has 38 heavy (non-hydrogen) atoms. The third-order valence-corrected chi connectivity index (χ3v) is 7.32. The van der Waals surface area contributed by atoms with Crippen LogP contribution in [0, 0.1) is 0 Å². The van der Waals surface area contributed by atoms with Crippen LogP contribution in [0.1, 0.15) is 45.6 Å². The van der Waals surface area contributed by atoms with Gasteiger partial charge < -0.3 is 24.4 Å². The number of hydrogen-bond donors (Lipinski definition) is 1. The number of nitrogens with one attached hydrogen (secondary N) is 1. The predicted octanol–water partition coefficient (Wildman–Crippen LogP) is 3.30. The number of anilines is 1. The summed E-state index contributed by atoms with van der Waals surface area (Å²) in [4.78, 5) is 28.1. The van der Waals surface area contributed by atoms with Crippen LogP contribution < -0.4 is 23.8 Å². The number of methoxy groups -OCH3 is 1. The van der Waals surface area contributed by atoms with E-state index in [0.717, 1.165) is 11.8 Å². The zero-order chi connectivity index (χ0) is 27.9. The summed E-state index contributed by atoms with van der Waals surface area (Å²) < 4.78 is 42.3. The standard InChI is InChI=1S/C27H37N3O7S/c1-6-23(27(32)28-19(2)3)29(17-20-9-12-22(35-4)13-10-20)26(31)8-7-15-30(38(5,33)34)21-11-14-24-25(16-21)37-18-36-24/h9-14,16,19,23H,6-8,15,17-18H2,1-5H3,(H,28,32)/t23-/m0/s1. The summed E-state index contributed by atoms with van der Waals surface area (Å²) in [5, 5.41) is 2.91. The Bertz CT molecular complexity index is 1220. The molecule has 3 rings (SSSR count). The molecule has 10 nitrogen and oxygen atoms in total. The fourth-order valence-corrected chi connectivity index (χ4v) is 5.23. The van der Waals surface area contributed by atoms with Crippen molar-refractivity contribution in [2.24, 2.45) is 0 Å². The largest absolute Gasteiger partial charge is 0.497 e. The van der Waals surface area contributed by atoms with Crippen molar-refractivity contribution >= 4 is 27.5 Å². The van der Waals surface area contributed by atoms with E-state index in [1.807, 2.05) is 45.0 Å². The molecule has 0 fully saturated rings. The summed E-state index contributed by atoms with van der Waals surface area (Å²) in [6, 6.07) is 11.5. The molecule has 11 heteroatoms. The Balaban J connectivity index is 1.76. The van der Waals surface area contributed by atoms with Crippen LogP contribution in [0.5, 0.6) is 17.2 Å². The predicted molar refractivity (Wildman–Crippen MR) is 145 cm³/mol. The quantitative estimate of drug-likeness (QED) is 0.409. The molecule has 0 spiro atoms. The second-order valence-electron chi connectivity index (χ2n) is 9.43. The number of carbonyl (C=O) groups is 2. The fraction of sp³-hybridized carbons (Fsp3) is 0.481. The molecule has 2 aromatic carbocycles. The van der Waals surface area contributed by atoms with Crippen LogP contribution in [0.2, 0.25) is 0 Å². The lowest BCUT2D eigenvalue weighted by Crippen LogP contribution is -2.50. The number of nitrogens with zero attached hydrogens (tertiary/aromatic N) is 2. The molecule has 0 aliphatic carbocycles. The van der Waals surface area contributed by atoms with Crippen LogP contribution in [0.3, 0.4) is 0 Å². The van der Waals surface area contributed by atoms with Crippen LogP contribution >= 0.6 is 0 Å². The Morgan fingerprint density at radius 3 is 2.37 bits per heavy atom. The van der Waals surface area contributed by atoms with Crippen molar-refractivity contribution < 1.29 is 32.2 Å². The van der Waals surface area contributed by atoms with E-state index in [1.54, 1.807) is 30.2 Å². The van der Waals surface area contributed by atoms with E-state index in [4.69, 9.17) is 14.2 Å². The second-order valence-corrected chi connectivity index (χ2v) is 11.3.